The second-order valence-electron chi connectivity index (χ2n) is 5.41. The summed E-state index contributed by atoms with van der Waals surface area (Å²) in [5.41, 5.74) is 3.63. The second-order valence-corrected chi connectivity index (χ2v) is 5.82. The van der Waals surface area contributed by atoms with Crippen molar-refractivity contribution < 1.29 is 0 Å². The summed E-state index contributed by atoms with van der Waals surface area (Å²) in [7, 11) is 2.05. The maximum Gasteiger partial charge on any atom is 0.109 e. The summed E-state index contributed by atoms with van der Waals surface area (Å²) in [6.07, 6.45) is 1.87. The predicted molar refractivity (Wildman–Crippen MR) is 93.7 cm³/mol. The van der Waals surface area contributed by atoms with E-state index in [-0.39, 0.29) is 0 Å². The SMILES string of the molecule is Cn1c(CCCNc2ccc(C#N)c(Cl)c2)nc2ccccc21. The molecular weight excluding hydrogens is 308 g/mol. The number of nitriles is 1. The zero-order valence-corrected chi connectivity index (χ0v) is 13.6. The van der Waals surface area contributed by atoms with Crippen molar-refractivity contribution in [3.63, 3.8) is 0 Å². The second kappa shape index (κ2) is 6.72. The summed E-state index contributed by atoms with van der Waals surface area (Å²) in [5.74, 6) is 1.09. The smallest absolute Gasteiger partial charge is 0.109 e. The molecule has 5 heteroatoms. The first-order chi connectivity index (χ1) is 11.2. The lowest BCUT2D eigenvalue weighted by molar-refractivity contribution is 0.753. The summed E-state index contributed by atoms with van der Waals surface area (Å²) in [4.78, 5) is 4.67. The number of hydrogen-bond donors (Lipinski definition) is 1. The van der Waals surface area contributed by atoms with Gasteiger partial charge in [0.2, 0.25) is 0 Å². The zero-order valence-electron chi connectivity index (χ0n) is 12.9. The standard InChI is InChI=1S/C18H17ClN4/c1-23-17-6-3-2-5-16(17)22-18(23)7-4-10-21-14-9-8-13(12-20)15(19)11-14/h2-3,5-6,8-9,11,21H,4,7,10H2,1H3. The number of para-hydroxylation sites is 2. The van der Waals surface area contributed by atoms with Crippen LogP contribution in [0, 0.1) is 11.3 Å². The molecule has 0 bridgehead atoms. The van der Waals surface area contributed by atoms with Gasteiger partial charge in [0, 0.05) is 25.7 Å². The van der Waals surface area contributed by atoms with Crippen LogP contribution in [0.25, 0.3) is 11.0 Å². The molecule has 0 unspecified atom stereocenters. The van der Waals surface area contributed by atoms with Crippen LogP contribution in [-0.4, -0.2) is 16.1 Å². The Balaban J connectivity index is 1.58. The van der Waals surface area contributed by atoms with E-state index in [4.69, 9.17) is 16.9 Å². The minimum Gasteiger partial charge on any atom is -0.385 e. The Morgan fingerprint density at radius 2 is 2.09 bits per heavy atom. The molecule has 2 aromatic carbocycles. The van der Waals surface area contributed by atoms with Crippen LogP contribution in [-0.2, 0) is 13.5 Å². The highest BCUT2D eigenvalue weighted by atomic mass is 35.5. The molecule has 0 spiro atoms. The number of nitrogens with one attached hydrogen (secondary N) is 1. The van der Waals surface area contributed by atoms with Crippen molar-refractivity contribution in [1.29, 1.82) is 5.26 Å². The average molecular weight is 325 g/mol. The normalized spacial score (nSPS) is 10.7. The largest absolute Gasteiger partial charge is 0.385 e. The fourth-order valence-electron chi connectivity index (χ4n) is 2.61. The van der Waals surface area contributed by atoms with Gasteiger partial charge in [-0.05, 0) is 36.8 Å². The molecule has 0 aliphatic carbocycles. The van der Waals surface area contributed by atoms with E-state index >= 15 is 0 Å². The lowest BCUT2D eigenvalue weighted by Gasteiger charge is -2.07. The molecule has 3 rings (SSSR count). The summed E-state index contributed by atoms with van der Waals surface area (Å²) >= 11 is 6.03. The summed E-state index contributed by atoms with van der Waals surface area (Å²) in [6.45, 7) is 0.825. The molecule has 0 amide bonds. The van der Waals surface area contributed by atoms with Crippen molar-refractivity contribution in [3.05, 3.63) is 58.9 Å². The Morgan fingerprint density at radius 3 is 2.83 bits per heavy atom. The van der Waals surface area contributed by atoms with Gasteiger partial charge in [-0.1, -0.05) is 23.7 Å². The summed E-state index contributed by atoms with van der Waals surface area (Å²) in [5, 5.41) is 12.7. The number of benzene rings is 2. The maximum absolute atomic E-state index is 8.87. The number of nitrogens with zero attached hydrogens (tertiary/aromatic N) is 3. The molecule has 0 radical (unpaired) electrons. The number of rotatable bonds is 5. The van der Waals surface area contributed by atoms with Crippen LogP contribution in [0.1, 0.15) is 17.8 Å². The molecule has 1 N–H and O–H groups in total. The fourth-order valence-corrected chi connectivity index (χ4v) is 2.84. The minimum absolute atomic E-state index is 0.479. The van der Waals surface area contributed by atoms with Gasteiger partial charge in [0.1, 0.15) is 11.9 Å². The molecule has 0 saturated heterocycles. The topological polar surface area (TPSA) is 53.6 Å². The van der Waals surface area contributed by atoms with E-state index in [0.29, 0.717) is 10.6 Å². The van der Waals surface area contributed by atoms with Gasteiger partial charge in [0.25, 0.3) is 0 Å². The molecule has 3 aromatic rings. The van der Waals surface area contributed by atoms with E-state index in [1.165, 1.54) is 0 Å². The third-order valence-corrected chi connectivity index (χ3v) is 4.19. The Morgan fingerprint density at radius 1 is 1.26 bits per heavy atom. The zero-order chi connectivity index (χ0) is 16.2. The van der Waals surface area contributed by atoms with E-state index in [9.17, 15) is 0 Å². The molecule has 23 heavy (non-hydrogen) atoms. The predicted octanol–water partition coefficient (Wildman–Crippen LogP) is 4.14. The molecule has 1 heterocycles. The van der Waals surface area contributed by atoms with Crippen molar-refractivity contribution in [2.45, 2.75) is 12.8 Å². The van der Waals surface area contributed by atoms with Crippen LogP contribution in [0.5, 0.6) is 0 Å². The van der Waals surface area contributed by atoms with Gasteiger partial charge in [-0.3, -0.25) is 0 Å². The van der Waals surface area contributed by atoms with Gasteiger partial charge >= 0.3 is 0 Å². The summed E-state index contributed by atoms with van der Waals surface area (Å²) in [6, 6.07) is 15.6. The van der Waals surface area contributed by atoms with Crippen molar-refractivity contribution in [2.24, 2.45) is 7.05 Å². The Kier molecular flexibility index (Phi) is 4.50. The van der Waals surface area contributed by atoms with Crippen molar-refractivity contribution >= 4 is 28.3 Å². The molecule has 4 nitrogen and oxygen atoms in total. The third kappa shape index (κ3) is 3.30. The van der Waals surface area contributed by atoms with E-state index in [1.54, 1.807) is 12.1 Å². The van der Waals surface area contributed by atoms with Crippen LogP contribution in [0.15, 0.2) is 42.5 Å². The molecule has 0 fully saturated rings. The molecule has 0 saturated carbocycles. The van der Waals surface area contributed by atoms with Gasteiger partial charge in [-0.2, -0.15) is 5.26 Å². The molecule has 116 valence electrons. The van der Waals surface area contributed by atoms with Gasteiger partial charge in [-0.25, -0.2) is 4.98 Å². The molecule has 0 aliphatic heterocycles. The van der Waals surface area contributed by atoms with E-state index < -0.39 is 0 Å². The van der Waals surface area contributed by atoms with Gasteiger partial charge in [-0.15, -0.1) is 0 Å². The minimum atomic E-state index is 0.479. The van der Waals surface area contributed by atoms with Crippen LogP contribution < -0.4 is 5.32 Å². The Hall–Kier alpha value is -2.51. The first-order valence-corrected chi connectivity index (χ1v) is 7.90. The Labute approximate surface area is 140 Å². The van der Waals surface area contributed by atoms with Gasteiger partial charge < -0.3 is 9.88 Å². The average Bonchev–Trinajstić information content (AvgIpc) is 2.88. The lowest BCUT2D eigenvalue weighted by Crippen LogP contribution is -2.05. The highest BCUT2D eigenvalue weighted by Gasteiger charge is 2.06. The number of imidazole rings is 1. The van der Waals surface area contributed by atoms with Crippen molar-refractivity contribution in [3.8, 4) is 6.07 Å². The lowest BCUT2D eigenvalue weighted by atomic mass is 10.2. The van der Waals surface area contributed by atoms with Crippen LogP contribution >= 0.6 is 11.6 Å². The quantitative estimate of drug-likeness (QED) is 0.717. The van der Waals surface area contributed by atoms with Gasteiger partial charge in [0.05, 0.1) is 21.6 Å². The monoisotopic (exact) mass is 324 g/mol. The third-order valence-electron chi connectivity index (χ3n) is 3.88. The van der Waals surface area contributed by atoms with E-state index in [0.717, 1.165) is 41.9 Å². The number of hydrogen-bond acceptors (Lipinski definition) is 3. The molecule has 0 atom stereocenters. The first kappa shape index (κ1) is 15.4. The molecular formula is C18H17ClN4. The highest BCUT2D eigenvalue weighted by molar-refractivity contribution is 6.32. The van der Waals surface area contributed by atoms with Gasteiger partial charge in [0.15, 0.2) is 0 Å². The number of fused-ring (bicyclic) bond motifs is 1. The molecule has 0 aliphatic rings. The van der Waals surface area contributed by atoms with Crippen LogP contribution in [0.4, 0.5) is 5.69 Å². The van der Waals surface area contributed by atoms with E-state index in [2.05, 4.69) is 34.1 Å². The number of aromatic nitrogens is 2. The van der Waals surface area contributed by atoms with E-state index in [1.807, 2.05) is 24.3 Å². The fraction of sp³-hybridized carbons (Fsp3) is 0.222. The highest BCUT2D eigenvalue weighted by Crippen LogP contribution is 2.20. The molecule has 1 aromatic heterocycles. The maximum atomic E-state index is 8.87. The van der Waals surface area contributed by atoms with Crippen LogP contribution in [0.2, 0.25) is 5.02 Å². The number of aryl methyl sites for hydroxylation is 2. The summed E-state index contributed by atoms with van der Waals surface area (Å²) < 4.78 is 2.15. The first-order valence-electron chi connectivity index (χ1n) is 7.53. The van der Waals surface area contributed by atoms with Crippen LogP contribution in [0.3, 0.4) is 0 Å². The van der Waals surface area contributed by atoms with Crippen molar-refractivity contribution in [1.82, 2.24) is 9.55 Å². The number of halogens is 1. The van der Waals surface area contributed by atoms with Crippen molar-refractivity contribution in [2.75, 3.05) is 11.9 Å². The number of anilines is 1. The Bertz CT molecular complexity index is 876.